The fourth-order valence-corrected chi connectivity index (χ4v) is 3.06. The van der Waals surface area contributed by atoms with E-state index in [4.69, 9.17) is 24.8 Å². The minimum Gasteiger partial charge on any atom is -0.497 e. The highest BCUT2D eigenvalue weighted by Gasteiger charge is 2.19. The number of methoxy groups -OCH3 is 1. The number of hydrogen-bond donors (Lipinski definition) is 1. The molecule has 148 valence electrons. The molecule has 7 heteroatoms. The molecule has 0 saturated heterocycles. The van der Waals surface area contributed by atoms with Crippen molar-refractivity contribution in [1.29, 1.82) is 0 Å². The zero-order valence-corrected chi connectivity index (χ0v) is 16.0. The summed E-state index contributed by atoms with van der Waals surface area (Å²) < 4.78 is 15.8. The topological polar surface area (TPSA) is 92.4 Å². The first-order valence-corrected chi connectivity index (χ1v) is 9.07. The molecule has 2 N–H and O–H groups in total. The van der Waals surface area contributed by atoms with Gasteiger partial charge in [0.25, 0.3) is 0 Å². The zero-order valence-electron chi connectivity index (χ0n) is 16.0. The van der Waals surface area contributed by atoms with Gasteiger partial charge in [-0.1, -0.05) is 29.4 Å². The number of hydrogen-bond acceptors (Lipinski definition) is 6. The van der Waals surface area contributed by atoms with Gasteiger partial charge in [-0.3, -0.25) is 0 Å². The molecule has 3 aromatic rings. The second-order valence-corrected chi connectivity index (χ2v) is 6.65. The smallest absolute Gasteiger partial charge is 0.342 e. The highest BCUT2D eigenvalue weighted by Crippen LogP contribution is 2.32. The summed E-state index contributed by atoms with van der Waals surface area (Å²) in [5.74, 6) is 1.08. The molecule has 4 rings (SSSR count). The van der Waals surface area contributed by atoms with Gasteiger partial charge in [0.05, 0.1) is 13.0 Å². The van der Waals surface area contributed by atoms with E-state index in [1.54, 1.807) is 32.2 Å². The lowest BCUT2D eigenvalue weighted by Crippen LogP contribution is -2.17. The van der Waals surface area contributed by atoms with E-state index in [1.165, 1.54) is 0 Å². The number of fused-ring (bicyclic) bond motifs is 2. The van der Waals surface area contributed by atoms with Gasteiger partial charge in [-0.15, -0.1) is 0 Å². The maximum atomic E-state index is 12.5. The van der Waals surface area contributed by atoms with E-state index in [-0.39, 0.29) is 12.6 Å². The maximum absolute atomic E-state index is 12.5. The molecule has 1 unspecified atom stereocenters. The number of rotatable bonds is 5. The molecule has 7 nitrogen and oxygen atoms in total. The molecular weight excluding hydrogens is 372 g/mol. The third kappa shape index (κ3) is 3.80. The van der Waals surface area contributed by atoms with Crippen LogP contribution in [-0.4, -0.2) is 25.7 Å². The van der Waals surface area contributed by atoms with E-state index in [9.17, 15) is 4.79 Å². The van der Waals surface area contributed by atoms with Gasteiger partial charge in [-0.25, -0.2) is 4.79 Å². The Kier molecular flexibility index (Phi) is 4.95. The Morgan fingerprint density at radius 1 is 1.03 bits per heavy atom. The van der Waals surface area contributed by atoms with Crippen molar-refractivity contribution < 1.29 is 23.8 Å². The van der Waals surface area contributed by atoms with Gasteiger partial charge in [0, 0.05) is 5.56 Å². The largest absolute Gasteiger partial charge is 0.497 e. The van der Waals surface area contributed by atoms with Crippen LogP contribution in [0, 0.1) is 0 Å². The Balaban J connectivity index is 1.47. The highest BCUT2D eigenvalue weighted by atomic mass is 16.7. The summed E-state index contributed by atoms with van der Waals surface area (Å²) in [6.07, 6.45) is 0. The Morgan fingerprint density at radius 2 is 1.79 bits per heavy atom. The van der Waals surface area contributed by atoms with Crippen molar-refractivity contribution in [1.82, 2.24) is 0 Å². The van der Waals surface area contributed by atoms with Gasteiger partial charge in [0.1, 0.15) is 5.75 Å². The SMILES string of the molecule is COc1ccc2cc(C(C)C(=O)O/N=C(\N)c3ccc4c(c3)OCO4)ccc2c1. The van der Waals surface area contributed by atoms with E-state index in [0.29, 0.717) is 17.1 Å². The lowest BCUT2D eigenvalue weighted by Gasteiger charge is -2.11. The number of nitrogens with two attached hydrogens (primary N) is 1. The number of amidine groups is 1. The summed E-state index contributed by atoms with van der Waals surface area (Å²) in [5.41, 5.74) is 7.34. The van der Waals surface area contributed by atoms with Crippen molar-refractivity contribution in [3.8, 4) is 17.2 Å². The van der Waals surface area contributed by atoms with Crippen LogP contribution in [0.4, 0.5) is 0 Å². The molecule has 3 aromatic carbocycles. The zero-order chi connectivity index (χ0) is 20.4. The summed E-state index contributed by atoms with van der Waals surface area (Å²) in [6.45, 7) is 1.93. The molecule has 0 aliphatic carbocycles. The average Bonchev–Trinajstić information content (AvgIpc) is 3.23. The molecule has 0 amide bonds. The summed E-state index contributed by atoms with van der Waals surface area (Å²) in [5, 5.41) is 5.82. The Hall–Kier alpha value is -3.74. The highest BCUT2D eigenvalue weighted by molar-refractivity contribution is 5.98. The van der Waals surface area contributed by atoms with E-state index < -0.39 is 11.9 Å². The van der Waals surface area contributed by atoms with E-state index in [0.717, 1.165) is 22.1 Å². The van der Waals surface area contributed by atoms with Crippen molar-refractivity contribution >= 4 is 22.6 Å². The van der Waals surface area contributed by atoms with Crippen LogP contribution >= 0.6 is 0 Å². The van der Waals surface area contributed by atoms with Gasteiger partial charge in [-0.05, 0) is 53.6 Å². The van der Waals surface area contributed by atoms with Gasteiger partial charge >= 0.3 is 5.97 Å². The summed E-state index contributed by atoms with van der Waals surface area (Å²) in [4.78, 5) is 17.5. The normalized spacial score (nSPS) is 13.9. The second kappa shape index (κ2) is 7.71. The quantitative estimate of drug-likeness (QED) is 0.309. The second-order valence-electron chi connectivity index (χ2n) is 6.65. The average molecular weight is 392 g/mol. The van der Waals surface area contributed by atoms with Crippen LogP contribution < -0.4 is 19.9 Å². The van der Waals surface area contributed by atoms with E-state index in [2.05, 4.69) is 5.16 Å². The minimum atomic E-state index is -0.505. The summed E-state index contributed by atoms with van der Waals surface area (Å²) in [6, 6.07) is 16.7. The predicted molar refractivity (Wildman–Crippen MR) is 108 cm³/mol. The first kappa shape index (κ1) is 18.6. The fourth-order valence-electron chi connectivity index (χ4n) is 3.06. The van der Waals surface area contributed by atoms with Crippen molar-refractivity contribution in [3.05, 3.63) is 65.7 Å². The van der Waals surface area contributed by atoms with Gasteiger partial charge in [0.2, 0.25) is 6.79 Å². The number of oxime groups is 1. The number of benzene rings is 3. The predicted octanol–water partition coefficient (Wildman–Crippen LogP) is 3.54. The third-order valence-electron chi connectivity index (χ3n) is 4.83. The summed E-state index contributed by atoms with van der Waals surface area (Å²) >= 11 is 0. The Labute approximate surface area is 167 Å². The maximum Gasteiger partial charge on any atom is 0.342 e. The number of carbonyl (C=O) groups excluding carboxylic acids is 1. The van der Waals surface area contributed by atoms with Crippen molar-refractivity contribution in [2.24, 2.45) is 10.9 Å². The Morgan fingerprint density at radius 3 is 2.62 bits per heavy atom. The monoisotopic (exact) mass is 392 g/mol. The molecule has 0 saturated carbocycles. The van der Waals surface area contributed by atoms with Crippen LogP contribution in [0.5, 0.6) is 17.2 Å². The molecule has 1 aliphatic rings. The van der Waals surface area contributed by atoms with Gasteiger partial charge in [-0.2, -0.15) is 0 Å². The third-order valence-corrected chi connectivity index (χ3v) is 4.83. The van der Waals surface area contributed by atoms with Crippen molar-refractivity contribution in [3.63, 3.8) is 0 Å². The van der Waals surface area contributed by atoms with Crippen LogP contribution in [0.1, 0.15) is 24.0 Å². The molecule has 0 aromatic heterocycles. The van der Waals surface area contributed by atoms with Crippen LogP contribution in [0.25, 0.3) is 10.8 Å². The van der Waals surface area contributed by atoms with Crippen molar-refractivity contribution in [2.45, 2.75) is 12.8 Å². The number of carbonyl (C=O) groups is 1. The van der Waals surface area contributed by atoms with Gasteiger partial charge in [0.15, 0.2) is 17.3 Å². The first-order chi connectivity index (χ1) is 14.0. The molecule has 0 spiro atoms. The molecule has 0 fully saturated rings. The molecule has 1 atom stereocenters. The molecule has 29 heavy (non-hydrogen) atoms. The van der Waals surface area contributed by atoms with Crippen LogP contribution in [0.15, 0.2) is 59.8 Å². The van der Waals surface area contributed by atoms with Crippen molar-refractivity contribution in [2.75, 3.05) is 13.9 Å². The first-order valence-electron chi connectivity index (χ1n) is 9.07. The number of nitrogens with zero attached hydrogens (tertiary/aromatic N) is 1. The standard InChI is InChI=1S/C22H20N2O5/c1-13(14-3-4-16-10-18(26-2)7-5-15(16)9-14)22(25)29-24-21(23)17-6-8-19-20(11-17)28-12-27-19/h3-11,13H,12H2,1-2H3,(H2,23,24). The summed E-state index contributed by atoms with van der Waals surface area (Å²) in [7, 11) is 1.63. The minimum absolute atomic E-state index is 0.0782. The Bertz CT molecular complexity index is 1110. The molecule has 0 radical (unpaired) electrons. The molecule has 1 heterocycles. The number of ether oxygens (including phenoxy) is 3. The fraction of sp³-hybridized carbons (Fsp3) is 0.182. The molecule has 0 bridgehead atoms. The van der Waals surface area contributed by atoms with Crippen LogP contribution in [0.2, 0.25) is 0 Å². The van der Waals surface area contributed by atoms with E-state index >= 15 is 0 Å². The molecular formula is C22H20N2O5. The van der Waals surface area contributed by atoms with Crippen LogP contribution in [0.3, 0.4) is 0 Å². The van der Waals surface area contributed by atoms with Crippen LogP contribution in [-0.2, 0) is 9.63 Å². The molecule has 1 aliphatic heterocycles. The van der Waals surface area contributed by atoms with E-state index in [1.807, 2.05) is 36.4 Å². The lowest BCUT2D eigenvalue weighted by molar-refractivity contribution is -0.145. The van der Waals surface area contributed by atoms with Gasteiger partial charge < -0.3 is 24.8 Å². The lowest BCUT2D eigenvalue weighted by atomic mass is 9.98.